The first kappa shape index (κ1) is 17.1. The number of hydrogen-bond donors (Lipinski definition) is 1. The number of nitrogens with one attached hydrogen (secondary N) is 1. The van der Waals surface area contributed by atoms with Crippen LogP contribution in [0.25, 0.3) is 11.0 Å². The number of benzene rings is 2. The fraction of sp³-hybridized carbons (Fsp3) is 0.188. The van der Waals surface area contributed by atoms with Gasteiger partial charge in [-0.05, 0) is 43.3 Å². The Hall–Kier alpha value is -2.74. The summed E-state index contributed by atoms with van der Waals surface area (Å²) in [5.74, 6) is -0.543. The standard InChI is InChI=1S/C16H13ClF2N4O2/c1-2-23-13-5-3-9(7-12(13)21-22-23)15(24)20-10-4-6-14(11(17)8-10)25-16(18)19/h3-8,16H,2H2,1H3,(H,20,24). The molecule has 0 spiro atoms. The number of amides is 1. The van der Waals surface area contributed by atoms with Gasteiger partial charge >= 0.3 is 6.61 Å². The van der Waals surface area contributed by atoms with E-state index in [9.17, 15) is 13.6 Å². The van der Waals surface area contributed by atoms with E-state index in [1.165, 1.54) is 18.2 Å². The third-order valence-electron chi connectivity index (χ3n) is 3.48. The molecule has 0 aliphatic heterocycles. The van der Waals surface area contributed by atoms with Gasteiger partial charge in [0.15, 0.2) is 0 Å². The molecule has 0 atom stereocenters. The van der Waals surface area contributed by atoms with Gasteiger partial charge in [-0.15, -0.1) is 5.10 Å². The van der Waals surface area contributed by atoms with Crippen LogP contribution in [0.3, 0.4) is 0 Å². The molecule has 1 heterocycles. The zero-order valence-corrected chi connectivity index (χ0v) is 13.8. The van der Waals surface area contributed by atoms with Crippen molar-refractivity contribution in [2.45, 2.75) is 20.1 Å². The Morgan fingerprint density at radius 3 is 2.80 bits per heavy atom. The minimum atomic E-state index is -2.97. The largest absolute Gasteiger partial charge is 0.433 e. The van der Waals surface area contributed by atoms with Crippen LogP contribution < -0.4 is 10.1 Å². The number of carbonyl (C=O) groups is 1. The summed E-state index contributed by atoms with van der Waals surface area (Å²) in [6.45, 7) is -0.353. The van der Waals surface area contributed by atoms with Crippen molar-refractivity contribution in [2.75, 3.05) is 5.32 Å². The van der Waals surface area contributed by atoms with Gasteiger partial charge in [0.05, 0.1) is 10.5 Å². The highest BCUT2D eigenvalue weighted by Gasteiger charge is 2.13. The molecular formula is C16H13ClF2N4O2. The van der Waals surface area contributed by atoms with Crippen molar-refractivity contribution in [1.29, 1.82) is 0 Å². The number of rotatable bonds is 5. The lowest BCUT2D eigenvalue weighted by Gasteiger charge is -2.09. The van der Waals surface area contributed by atoms with Crippen molar-refractivity contribution in [3.63, 3.8) is 0 Å². The molecule has 0 aliphatic carbocycles. The second kappa shape index (κ2) is 7.02. The third kappa shape index (κ3) is 3.69. The topological polar surface area (TPSA) is 69.0 Å². The first-order valence-corrected chi connectivity index (χ1v) is 7.74. The molecule has 0 unspecified atom stereocenters. The van der Waals surface area contributed by atoms with Gasteiger partial charge in [0.25, 0.3) is 5.91 Å². The molecule has 1 aromatic heterocycles. The van der Waals surface area contributed by atoms with E-state index in [0.29, 0.717) is 23.3 Å². The molecule has 0 aliphatic rings. The number of alkyl halides is 2. The number of halogens is 3. The van der Waals surface area contributed by atoms with Crippen LogP contribution >= 0.6 is 11.6 Å². The number of hydrogen-bond acceptors (Lipinski definition) is 4. The number of carbonyl (C=O) groups excluding carboxylic acids is 1. The molecule has 0 fully saturated rings. The summed E-state index contributed by atoms with van der Waals surface area (Å²) in [6, 6.07) is 9.07. The molecule has 2 aromatic carbocycles. The summed E-state index contributed by atoms with van der Waals surface area (Å²) in [5, 5.41) is 10.6. The summed E-state index contributed by atoms with van der Waals surface area (Å²) in [7, 11) is 0. The predicted molar refractivity (Wildman–Crippen MR) is 89.2 cm³/mol. The van der Waals surface area contributed by atoms with E-state index in [4.69, 9.17) is 11.6 Å². The van der Waals surface area contributed by atoms with Crippen LogP contribution in [0.15, 0.2) is 36.4 Å². The maximum atomic E-state index is 12.3. The van der Waals surface area contributed by atoms with Crippen LogP contribution in [0.1, 0.15) is 17.3 Å². The van der Waals surface area contributed by atoms with Crippen molar-refractivity contribution in [3.8, 4) is 5.75 Å². The van der Waals surface area contributed by atoms with E-state index in [1.807, 2.05) is 6.92 Å². The van der Waals surface area contributed by atoms with Gasteiger partial charge in [0, 0.05) is 17.8 Å². The minimum absolute atomic E-state index is 0.0283. The Balaban J connectivity index is 1.79. The highest BCUT2D eigenvalue weighted by molar-refractivity contribution is 6.32. The van der Waals surface area contributed by atoms with Crippen molar-refractivity contribution < 1.29 is 18.3 Å². The van der Waals surface area contributed by atoms with Gasteiger partial charge in [-0.25, -0.2) is 4.68 Å². The molecule has 6 nitrogen and oxygen atoms in total. The SMILES string of the molecule is CCn1nnc2cc(C(=O)Nc3ccc(OC(F)F)c(Cl)c3)ccc21. The highest BCUT2D eigenvalue weighted by atomic mass is 35.5. The average Bonchev–Trinajstić information content (AvgIpc) is 2.99. The zero-order valence-electron chi connectivity index (χ0n) is 13.0. The van der Waals surface area contributed by atoms with Crippen LogP contribution in [-0.4, -0.2) is 27.5 Å². The first-order valence-electron chi connectivity index (χ1n) is 7.37. The number of aromatic nitrogens is 3. The molecule has 1 N–H and O–H groups in total. The Morgan fingerprint density at radius 1 is 1.32 bits per heavy atom. The van der Waals surface area contributed by atoms with Crippen molar-refractivity contribution in [2.24, 2.45) is 0 Å². The lowest BCUT2D eigenvalue weighted by atomic mass is 10.2. The van der Waals surface area contributed by atoms with Crippen LogP contribution in [0.4, 0.5) is 14.5 Å². The normalized spacial score (nSPS) is 11.1. The quantitative estimate of drug-likeness (QED) is 0.742. The summed E-state index contributed by atoms with van der Waals surface area (Å²) >= 11 is 5.87. The highest BCUT2D eigenvalue weighted by Crippen LogP contribution is 2.29. The minimum Gasteiger partial charge on any atom is -0.433 e. The van der Waals surface area contributed by atoms with Crippen molar-refractivity contribution in [3.05, 3.63) is 47.0 Å². The van der Waals surface area contributed by atoms with Crippen LogP contribution in [0.5, 0.6) is 5.75 Å². The van der Waals surface area contributed by atoms with Gasteiger partial charge in [0.2, 0.25) is 0 Å². The lowest BCUT2D eigenvalue weighted by molar-refractivity contribution is -0.0497. The van der Waals surface area contributed by atoms with Crippen molar-refractivity contribution in [1.82, 2.24) is 15.0 Å². The van der Waals surface area contributed by atoms with Crippen LogP contribution in [-0.2, 0) is 6.54 Å². The Bertz CT molecular complexity index is 930. The van der Waals surface area contributed by atoms with Crippen molar-refractivity contribution >= 4 is 34.2 Å². The van der Waals surface area contributed by atoms with E-state index in [2.05, 4.69) is 20.4 Å². The molecule has 0 radical (unpaired) electrons. The van der Waals surface area contributed by atoms with Gasteiger partial charge in [-0.2, -0.15) is 8.78 Å². The van der Waals surface area contributed by atoms with Gasteiger partial charge in [-0.1, -0.05) is 16.8 Å². The predicted octanol–water partition coefficient (Wildman–Crippen LogP) is 3.96. The Labute approximate surface area is 146 Å². The fourth-order valence-electron chi connectivity index (χ4n) is 2.32. The van der Waals surface area contributed by atoms with Crippen LogP contribution in [0, 0.1) is 0 Å². The molecule has 3 rings (SSSR count). The number of aryl methyl sites for hydroxylation is 1. The molecule has 0 saturated carbocycles. The lowest BCUT2D eigenvalue weighted by Crippen LogP contribution is -2.12. The number of fused-ring (bicyclic) bond motifs is 1. The fourth-order valence-corrected chi connectivity index (χ4v) is 2.55. The van der Waals surface area contributed by atoms with E-state index in [1.54, 1.807) is 22.9 Å². The summed E-state index contributed by atoms with van der Waals surface area (Å²) in [5.41, 5.74) is 2.18. The maximum Gasteiger partial charge on any atom is 0.387 e. The van der Waals surface area contributed by atoms with E-state index in [-0.39, 0.29) is 16.7 Å². The van der Waals surface area contributed by atoms with Gasteiger partial charge < -0.3 is 10.1 Å². The molecule has 9 heteroatoms. The molecule has 3 aromatic rings. The molecular weight excluding hydrogens is 354 g/mol. The second-order valence-corrected chi connectivity index (χ2v) is 5.49. The van der Waals surface area contributed by atoms with Gasteiger partial charge in [-0.3, -0.25) is 4.79 Å². The van der Waals surface area contributed by atoms with Crippen LogP contribution in [0.2, 0.25) is 5.02 Å². The third-order valence-corrected chi connectivity index (χ3v) is 3.78. The maximum absolute atomic E-state index is 12.3. The summed E-state index contributed by atoms with van der Waals surface area (Å²) < 4.78 is 30.4. The second-order valence-electron chi connectivity index (χ2n) is 5.09. The number of ether oxygens (including phenoxy) is 1. The van der Waals surface area contributed by atoms with E-state index >= 15 is 0 Å². The zero-order chi connectivity index (χ0) is 18.0. The molecule has 130 valence electrons. The first-order chi connectivity index (χ1) is 12.0. The average molecular weight is 367 g/mol. The molecule has 25 heavy (non-hydrogen) atoms. The monoisotopic (exact) mass is 366 g/mol. The van der Waals surface area contributed by atoms with Gasteiger partial charge in [0.1, 0.15) is 11.3 Å². The summed E-state index contributed by atoms with van der Waals surface area (Å²) in [4.78, 5) is 12.3. The molecule has 0 bridgehead atoms. The van der Waals surface area contributed by atoms with E-state index in [0.717, 1.165) is 5.52 Å². The number of anilines is 1. The summed E-state index contributed by atoms with van der Waals surface area (Å²) in [6.07, 6.45) is 0. The molecule has 1 amide bonds. The van der Waals surface area contributed by atoms with E-state index < -0.39 is 6.61 Å². The smallest absolute Gasteiger partial charge is 0.387 e. The molecule has 0 saturated heterocycles. The Morgan fingerprint density at radius 2 is 2.12 bits per heavy atom. The number of nitrogens with zero attached hydrogens (tertiary/aromatic N) is 3. The Kier molecular flexibility index (Phi) is 4.80.